The Hall–Kier alpha value is -1.59. The number of hydrogen-bond donors (Lipinski definition) is 3. The SMILES string of the molecule is CC(C)CC(O)CNC(=O)Nc1cccc(COCC2CC2)c1. The van der Waals surface area contributed by atoms with Gasteiger partial charge in [-0.25, -0.2) is 4.79 Å². The van der Waals surface area contributed by atoms with Crippen molar-refractivity contribution >= 4 is 11.7 Å². The van der Waals surface area contributed by atoms with Gasteiger partial charge in [-0.1, -0.05) is 26.0 Å². The Labute approximate surface area is 138 Å². The number of ether oxygens (including phenoxy) is 1. The summed E-state index contributed by atoms with van der Waals surface area (Å²) in [6.45, 7) is 5.74. The van der Waals surface area contributed by atoms with Gasteiger partial charge in [0, 0.05) is 18.8 Å². The molecule has 3 N–H and O–H groups in total. The normalized spacial score (nSPS) is 15.5. The minimum Gasteiger partial charge on any atom is -0.391 e. The lowest BCUT2D eigenvalue weighted by atomic mass is 10.1. The van der Waals surface area contributed by atoms with E-state index in [9.17, 15) is 9.90 Å². The second-order valence-electron chi connectivity index (χ2n) is 6.78. The Morgan fingerprint density at radius 2 is 2.17 bits per heavy atom. The molecule has 5 heteroatoms. The van der Waals surface area contributed by atoms with Gasteiger partial charge in [-0.05, 0) is 48.8 Å². The number of benzene rings is 1. The van der Waals surface area contributed by atoms with Gasteiger partial charge in [0.25, 0.3) is 0 Å². The molecule has 0 radical (unpaired) electrons. The molecule has 128 valence electrons. The molecular formula is C18H28N2O3. The van der Waals surface area contributed by atoms with Crippen LogP contribution in [0.4, 0.5) is 10.5 Å². The molecule has 2 amide bonds. The molecule has 1 aliphatic rings. The molecule has 23 heavy (non-hydrogen) atoms. The maximum absolute atomic E-state index is 11.9. The van der Waals surface area contributed by atoms with Crippen molar-refractivity contribution in [3.8, 4) is 0 Å². The largest absolute Gasteiger partial charge is 0.391 e. The van der Waals surface area contributed by atoms with E-state index in [-0.39, 0.29) is 12.6 Å². The predicted molar refractivity (Wildman–Crippen MR) is 91.3 cm³/mol. The molecule has 1 atom stereocenters. The Morgan fingerprint density at radius 1 is 1.39 bits per heavy atom. The summed E-state index contributed by atoms with van der Waals surface area (Å²) < 4.78 is 5.66. The van der Waals surface area contributed by atoms with Crippen molar-refractivity contribution in [3.05, 3.63) is 29.8 Å². The van der Waals surface area contributed by atoms with E-state index in [0.29, 0.717) is 18.9 Å². The molecular weight excluding hydrogens is 292 g/mol. The standard InChI is InChI=1S/C18H28N2O3/c1-13(2)8-17(21)10-19-18(22)20-16-5-3-4-15(9-16)12-23-11-14-6-7-14/h3-5,9,13-14,17,21H,6-8,10-12H2,1-2H3,(H2,19,20,22). The van der Waals surface area contributed by atoms with E-state index in [1.165, 1.54) is 12.8 Å². The second-order valence-corrected chi connectivity index (χ2v) is 6.78. The second kappa shape index (κ2) is 8.89. The Kier molecular flexibility index (Phi) is 6.86. The topological polar surface area (TPSA) is 70.6 Å². The highest BCUT2D eigenvalue weighted by molar-refractivity contribution is 5.89. The van der Waals surface area contributed by atoms with Crippen LogP contribution in [0, 0.1) is 11.8 Å². The fraction of sp³-hybridized carbons (Fsp3) is 0.611. The predicted octanol–water partition coefficient (Wildman–Crippen LogP) is 3.14. The van der Waals surface area contributed by atoms with E-state index in [0.717, 1.165) is 23.8 Å². The zero-order chi connectivity index (χ0) is 16.7. The molecule has 0 spiro atoms. The first-order valence-electron chi connectivity index (χ1n) is 8.42. The first kappa shape index (κ1) is 17.8. The zero-order valence-corrected chi connectivity index (χ0v) is 14.0. The molecule has 0 bridgehead atoms. The highest BCUT2D eigenvalue weighted by Gasteiger charge is 2.21. The van der Waals surface area contributed by atoms with Crippen LogP contribution in [0.2, 0.25) is 0 Å². The molecule has 1 aromatic rings. The third-order valence-corrected chi connectivity index (χ3v) is 3.75. The van der Waals surface area contributed by atoms with Crippen molar-refractivity contribution in [2.75, 3.05) is 18.5 Å². The minimum absolute atomic E-state index is 0.258. The van der Waals surface area contributed by atoms with Gasteiger partial charge in [-0.2, -0.15) is 0 Å². The molecule has 1 aromatic carbocycles. The van der Waals surface area contributed by atoms with Gasteiger partial charge in [0.1, 0.15) is 0 Å². The lowest BCUT2D eigenvalue weighted by Gasteiger charge is -2.14. The molecule has 0 aliphatic heterocycles. The monoisotopic (exact) mass is 320 g/mol. The van der Waals surface area contributed by atoms with Crippen molar-refractivity contribution in [2.24, 2.45) is 11.8 Å². The van der Waals surface area contributed by atoms with E-state index < -0.39 is 6.10 Å². The third kappa shape index (κ3) is 7.48. The van der Waals surface area contributed by atoms with Gasteiger partial charge in [0.05, 0.1) is 12.7 Å². The zero-order valence-electron chi connectivity index (χ0n) is 14.0. The van der Waals surface area contributed by atoms with Crippen LogP contribution in [0.1, 0.15) is 38.7 Å². The van der Waals surface area contributed by atoms with Crippen molar-refractivity contribution in [3.63, 3.8) is 0 Å². The minimum atomic E-state index is -0.511. The summed E-state index contributed by atoms with van der Waals surface area (Å²) in [5, 5.41) is 15.2. The van der Waals surface area contributed by atoms with E-state index in [2.05, 4.69) is 10.6 Å². The van der Waals surface area contributed by atoms with Crippen LogP contribution in [0.3, 0.4) is 0 Å². The summed E-state index contributed by atoms with van der Waals surface area (Å²) in [7, 11) is 0. The quantitative estimate of drug-likeness (QED) is 0.654. The summed E-state index contributed by atoms with van der Waals surface area (Å²) in [5.74, 6) is 1.15. The number of aliphatic hydroxyl groups excluding tert-OH is 1. The van der Waals surface area contributed by atoms with E-state index in [1.54, 1.807) is 0 Å². The van der Waals surface area contributed by atoms with Crippen LogP contribution in [0.25, 0.3) is 0 Å². The van der Waals surface area contributed by atoms with E-state index >= 15 is 0 Å². The van der Waals surface area contributed by atoms with E-state index in [1.807, 2.05) is 38.1 Å². The lowest BCUT2D eigenvalue weighted by Crippen LogP contribution is -2.35. The number of urea groups is 1. The summed E-state index contributed by atoms with van der Waals surface area (Å²) in [5.41, 5.74) is 1.77. The van der Waals surface area contributed by atoms with Crippen molar-refractivity contribution < 1.29 is 14.6 Å². The first-order valence-corrected chi connectivity index (χ1v) is 8.42. The number of carbonyl (C=O) groups is 1. The Morgan fingerprint density at radius 3 is 2.87 bits per heavy atom. The molecule has 0 aromatic heterocycles. The molecule has 0 saturated heterocycles. The smallest absolute Gasteiger partial charge is 0.319 e. The Bertz CT molecular complexity index is 501. The fourth-order valence-corrected chi connectivity index (χ4v) is 2.38. The maximum Gasteiger partial charge on any atom is 0.319 e. The molecule has 1 fully saturated rings. The molecule has 1 aliphatic carbocycles. The average Bonchev–Trinajstić information content (AvgIpc) is 3.29. The van der Waals surface area contributed by atoms with Crippen LogP contribution >= 0.6 is 0 Å². The number of nitrogens with one attached hydrogen (secondary N) is 2. The lowest BCUT2D eigenvalue weighted by molar-refractivity contribution is 0.111. The molecule has 1 unspecified atom stereocenters. The number of anilines is 1. The van der Waals surface area contributed by atoms with E-state index in [4.69, 9.17) is 4.74 Å². The molecule has 5 nitrogen and oxygen atoms in total. The van der Waals surface area contributed by atoms with Gasteiger partial charge in [-0.15, -0.1) is 0 Å². The molecule has 2 rings (SSSR count). The summed E-state index contributed by atoms with van der Waals surface area (Å²) in [4.78, 5) is 11.9. The van der Waals surface area contributed by atoms with Gasteiger partial charge in [-0.3, -0.25) is 0 Å². The van der Waals surface area contributed by atoms with Gasteiger partial charge in [0.2, 0.25) is 0 Å². The highest BCUT2D eigenvalue weighted by atomic mass is 16.5. The number of amides is 2. The van der Waals surface area contributed by atoms with Gasteiger partial charge < -0.3 is 20.5 Å². The molecule has 0 heterocycles. The summed E-state index contributed by atoms with van der Waals surface area (Å²) in [6, 6.07) is 7.34. The van der Waals surface area contributed by atoms with Crippen LogP contribution in [-0.2, 0) is 11.3 Å². The van der Waals surface area contributed by atoms with Crippen LogP contribution < -0.4 is 10.6 Å². The number of aliphatic hydroxyl groups is 1. The summed E-state index contributed by atoms with van der Waals surface area (Å²) in [6.07, 6.45) is 2.73. The highest BCUT2D eigenvalue weighted by Crippen LogP contribution is 2.29. The van der Waals surface area contributed by atoms with Crippen LogP contribution in [0.5, 0.6) is 0 Å². The van der Waals surface area contributed by atoms with Crippen molar-refractivity contribution in [2.45, 2.75) is 45.8 Å². The number of hydrogen-bond acceptors (Lipinski definition) is 3. The fourth-order valence-electron chi connectivity index (χ4n) is 2.38. The van der Waals surface area contributed by atoms with Crippen LogP contribution in [-0.4, -0.2) is 30.4 Å². The number of carbonyl (C=O) groups excluding carboxylic acids is 1. The van der Waals surface area contributed by atoms with Crippen molar-refractivity contribution in [1.29, 1.82) is 0 Å². The van der Waals surface area contributed by atoms with Crippen molar-refractivity contribution in [1.82, 2.24) is 5.32 Å². The summed E-state index contributed by atoms with van der Waals surface area (Å²) >= 11 is 0. The van der Waals surface area contributed by atoms with Gasteiger partial charge >= 0.3 is 6.03 Å². The third-order valence-electron chi connectivity index (χ3n) is 3.75. The van der Waals surface area contributed by atoms with Gasteiger partial charge in [0.15, 0.2) is 0 Å². The van der Waals surface area contributed by atoms with Crippen LogP contribution in [0.15, 0.2) is 24.3 Å². The average molecular weight is 320 g/mol. The maximum atomic E-state index is 11.9. The Balaban J connectivity index is 1.71. The first-order chi connectivity index (χ1) is 11.0. The molecule has 1 saturated carbocycles. The number of rotatable bonds is 9.